The van der Waals surface area contributed by atoms with Crippen molar-refractivity contribution in [2.45, 2.75) is 33.4 Å². The zero-order chi connectivity index (χ0) is 25.5. The number of rotatable bonds is 5. The van der Waals surface area contributed by atoms with Gasteiger partial charge in [0.25, 0.3) is 5.56 Å². The molecule has 0 spiro atoms. The number of ether oxygens (including phenoxy) is 1. The number of aromatic nitrogens is 3. The Labute approximate surface area is 214 Å². The molecule has 7 nitrogen and oxygen atoms in total. The summed E-state index contributed by atoms with van der Waals surface area (Å²) in [4.78, 5) is 20.7. The van der Waals surface area contributed by atoms with E-state index in [0.29, 0.717) is 24.5 Å². The lowest BCUT2D eigenvalue weighted by Crippen LogP contribution is -2.36. The van der Waals surface area contributed by atoms with Crippen LogP contribution in [0.1, 0.15) is 28.3 Å². The summed E-state index contributed by atoms with van der Waals surface area (Å²) in [6.07, 6.45) is 2.66. The van der Waals surface area contributed by atoms with E-state index in [1.807, 2.05) is 48.7 Å². The van der Waals surface area contributed by atoms with E-state index in [1.165, 1.54) is 11.1 Å². The third-order valence-corrected chi connectivity index (χ3v) is 7.22. The van der Waals surface area contributed by atoms with E-state index in [9.17, 15) is 4.79 Å². The highest BCUT2D eigenvalue weighted by atomic mass is 16.5. The Kier molecular flexibility index (Phi) is 5.75. The SMILES string of the molecule is COc1cc2c(cc1-c1c(C)noc1C)cc(N1CCc3ccccc3C1)c(=O)n2Cc1ccccn1. The number of benzene rings is 2. The molecular weight excluding hydrogens is 464 g/mol. The average Bonchev–Trinajstić information content (AvgIpc) is 3.27. The smallest absolute Gasteiger partial charge is 0.274 e. The summed E-state index contributed by atoms with van der Waals surface area (Å²) >= 11 is 0. The molecule has 3 aromatic heterocycles. The molecule has 1 aliphatic heterocycles. The predicted molar refractivity (Wildman–Crippen MR) is 144 cm³/mol. The van der Waals surface area contributed by atoms with Gasteiger partial charge in [0, 0.05) is 36.3 Å². The molecule has 5 aromatic rings. The molecule has 7 heteroatoms. The summed E-state index contributed by atoms with van der Waals surface area (Å²) in [6, 6.07) is 20.3. The van der Waals surface area contributed by atoms with Crippen LogP contribution in [0.4, 0.5) is 5.69 Å². The Morgan fingerprint density at radius 3 is 2.57 bits per heavy atom. The van der Waals surface area contributed by atoms with E-state index >= 15 is 0 Å². The van der Waals surface area contributed by atoms with Gasteiger partial charge < -0.3 is 18.7 Å². The van der Waals surface area contributed by atoms with Crippen LogP contribution in [0.15, 0.2) is 76.2 Å². The van der Waals surface area contributed by atoms with Crippen LogP contribution in [0.2, 0.25) is 0 Å². The van der Waals surface area contributed by atoms with Gasteiger partial charge in [0.2, 0.25) is 0 Å². The third-order valence-electron chi connectivity index (χ3n) is 7.22. The Balaban J connectivity index is 1.57. The van der Waals surface area contributed by atoms with E-state index < -0.39 is 0 Å². The molecule has 0 unspecified atom stereocenters. The van der Waals surface area contributed by atoms with Crippen molar-refractivity contribution in [2.75, 3.05) is 18.6 Å². The van der Waals surface area contributed by atoms with Crippen LogP contribution in [-0.2, 0) is 19.5 Å². The van der Waals surface area contributed by atoms with Gasteiger partial charge in [0.05, 0.1) is 36.1 Å². The quantitative estimate of drug-likeness (QED) is 0.332. The lowest BCUT2D eigenvalue weighted by Gasteiger charge is -2.31. The van der Waals surface area contributed by atoms with Gasteiger partial charge in [-0.25, -0.2) is 0 Å². The van der Waals surface area contributed by atoms with Crippen molar-refractivity contribution >= 4 is 16.6 Å². The van der Waals surface area contributed by atoms with E-state index in [2.05, 4.69) is 45.4 Å². The number of fused-ring (bicyclic) bond motifs is 2. The average molecular weight is 493 g/mol. The van der Waals surface area contributed by atoms with Crippen molar-refractivity contribution in [2.24, 2.45) is 0 Å². The number of aryl methyl sites for hydroxylation is 2. The molecule has 0 radical (unpaired) electrons. The Morgan fingerprint density at radius 2 is 1.84 bits per heavy atom. The normalized spacial score (nSPS) is 13.1. The van der Waals surface area contributed by atoms with Gasteiger partial charge in [0.15, 0.2) is 0 Å². The Bertz CT molecular complexity index is 1650. The Hall–Kier alpha value is -4.39. The molecule has 0 fully saturated rings. The van der Waals surface area contributed by atoms with Crippen LogP contribution >= 0.6 is 0 Å². The molecule has 0 atom stereocenters. The fraction of sp³-hybridized carbons (Fsp3) is 0.233. The fourth-order valence-corrected chi connectivity index (χ4v) is 5.36. The van der Waals surface area contributed by atoms with Crippen molar-refractivity contribution in [1.82, 2.24) is 14.7 Å². The van der Waals surface area contributed by atoms with E-state index in [1.54, 1.807) is 13.3 Å². The number of hydrogen-bond donors (Lipinski definition) is 0. The van der Waals surface area contributed by atoms with Gasteiger partial charge in [0.1, 0.15) is 17.2 Å². The van der Waals surface area contributed by atoms with Crippen LogP contribution in [0, 0.1) is 13.8 Å². The number of hydrogen-bond acceptors (Lipinski definition) is 6. The van der Waals surface area contributed by atoms with Crippen molar-refractivity contribution in [3.05, 3.63) is 105 Å². The summed E-state index contributed by atoms with van der Waals surface area (Å²) in [5.41, 5.74) is 7.47. The molecule has 4 heterocycles. The second-order valence-electron chi connectivity index (χ2n) is 9.49. The molecule has 2 aromatic carbocycles. The largest absolute Gasteiger partial charge is 0.496 e. The van der Waals surface area contributed by atoms with Crippen molar-refractivity contribution < 1.29 is 9.26 Å². The first kappa shape index (κ1) is 23.0. The molecule has 0 saturated heterocycles. The fourth-order valence-electron chi connectivity index (χ4n) is 5.36. The molecular formula is C30H28N4O3. The maximum atomic E-state index is 14.0. The monoisotopic (exact) mass is 492 g/mol. The second-order valence-corrected chi connectivity index (χ2v) is 9.49. The number of nitrogens with zero attached hydrogens (tertiary/aromatic N) is 4. The summed E-state index contributed by atoms with van der Waals surface area (Å²) in [7, 11) is 1.64. The molecule has 37 heavy (non-hydrogen) atoms. The first-order valence-corrected chi connectivity index (χ1v) is 12.4. The van der Waals surface area contributed by atoms with Crippen LogP contribution in [0.25, 0.3) is 22.0 Å². The predicted octanol–water partition coefficient (Wildman–Crippen LogP) is 5.29. The molecule has 6 rings (SSSR count). The number of methoxy groups -OCH3 is 1. The molecule has 0 amide bonds. The summed E-state index contributed by atoms with van der Waals surface area (Å²) in [5.74, 6) is 1.39. The maximum Gasteiger partial charge on any atom is 0.274 e. The molecule has 186 valence electrons. The van der Waals surface area contributed by atoms with Crippen molar-refractivity contribution in [1.29, 1.82) is 0 Å². The van der Waals surface area contributed by atoms with Gasteiger partial charge >= 0.3 is 0 Å². The molecule has 1 aliphatic rings. The minimum absolute atomic E-state index is 0.0373. The van der Waals surface area contributed by atoms with Crippen LogP contribution < -0.4 is 15.2 Å². The first-order valence-electron chi connectivity index (χ1n) is 12.4. The lowest BCUT2D eigenvalue weighted by atomic mass is 9.98. The highest BCUT2D eigenvalue weighted by Crippen LogP contribution is 2.38. The van der Waals surface area contributed by atoms with Gasteiger partial charge in [-0.2, -0.15) is 0 Å². The number of anilines is 1. The van der Waals surface area contributed by atoms with Crippen molar-refractivity contribution in [3.8, 4) is 16.9 Å². The summed E-state index contributed by atoms with van der Waals surface area (Å²) < 4.78 is 13.1. The topological polar surface area (TPSA) is 73.4 Å². The van der Waals surface area contributed by atoms with Gasteiger partial charge in [-0.3, -0.25) is 9.78 Å². The molecule has 0 saturated carbocycles. The van der Waals surface area contributed by atoms with E-state index in [4.69, 9.17) is 9.26 Å². The third kappa shape index (κ3) is 4.06. The minimum atomic E-state index is -0.0373. The van der Waals surface area contributed by atoms with Crippen LogP contribution in [0.3, 0.4) is 0 Å². The van der Waals surface area contributed by atoms with Gasteiger partial charge in [-0.05, 0) is 55.7 Å². The standard InChI is InChI=1S/C30H28N4O3/c1-19-29(20(2)37-32-19)25-14-23-15-27(33-13-11-21-8-4-5-9-22(21)17-33)30(35)34(26(23)16-28(25)36-3)18-24-10-6-7-12-31-24/h4-10,12,14-16H,11,13,17-18H2,1-3H3. The van der Waals surface area contributed by atoms with Gasteiger partial charge in [-0.15, -0.1) is 0 Å². The van der Waals surface area contributed by atoms with E-state index in [-0.39, 0.29) is 5.56 Å². The zero-order valence-electron chi connectivity index (χ0n) is 21.2. The first-order chi connectivity index (χ1) is 18.0. The summed E-state index contributed by atoms with van der Waals surface area (Å²) in [6.45, 7) is 5.68. The van der Waals surface area contributed by atoms with Crippen molar-refractivity contribution in [3.63, 3.8) is 0 Å². The maximum absolute atomic E-state index is 14.0. The lowest BCUT2D eigenvalue weighted by molar-refractivity contribution is 0.393. The highest BCUT2D eigenvalue weighted by molar-refractivity contribution is 5.91. The second kappa shape index (κ2) is 9.24. The highest BCUT2D eigenvalue weighted by Gasteiger charge is 2.23. The zero-order valence-corrected chi connectivity index (χ0v) is 21.2. The molecule has 0 aliphatic carbocycles. The van der Waals surface area contributed by atoms with E-state index in [0.717, 1.165) is 52.1 Å². The van der Waals surface area contributed by atoms with Crippen LogP contribution in [0.5, 0.6) is 5.75 Å². The molecule has 0 N–H and O–H groups in total. The number of pyridine rings is 2. The Morgan fingerprint density at radius 1 is 1.03 bits per heavy atom. The summed E-state index contributed by atoms with van der Waals surface area (Å²) in [5, 5.41) is 5.09. The minimum Gasteiger partial charge on any atom is -0.496 e. The van der Waals surface area contributed by atoms with Crippen LogP contribution in [-0.4, -0.2) is 28.4 Å². The molecule has 0 bridgehead atoms. The van der Waals surface area contributed by atoms with Gasteiger partial charge in [-0.1, -0.05) is 35.5 Å².